The van der Waals surface area contributed by atoms with Crippen LogP contribution in [0.3, 0.4) is 0 Å². The van der Waals surface area contributed by atoms with Crippen LogP contribution in [0.15, 0.2) is 18.2 Å². The van der Waals surface area contributed by atoms with E-state index < -0.39 is 0 Å². The molecule has 0 radical (unpaired) electrons. The van der Waals surface area contributed by atoms with Crippen LogP contribution in [0.5, 0.6) is 5.75 Å². The molecule has 3 nitrogen and oxygen atoms in total. The van der Waals surface area contributed by atoms with E-state index >= 15 is 0 Å². The zero-order valence-corrected chi connectivity index (χ0v) is 9.57. The number of benzene rings is 1. The molecule has 1 aliphatic rings. The maximum atomic E-state index is 8.74. The van der Waals surface area contributed by atoms with Crippen LogP contribution in [0, 0.1) is 11.3 Å². The maximum absolute atomic E-state index is 8.74. The lowest BCUT2D eigenvalue weighted by atomic mass is 10.2. The van der Waals surface area contributed by atoms with Crippen molar-refractivity contribution in [1.29, 1.82) is 5.26 Å². The second-order valence-electron chi connectivity index (χ2n) is 4.07. The second kappa shape index (κ2) is 4.73. The summed E-state index contributed by atoms with van der Waals surface area (Å²) in [6, 6.07) is 7.39. The van der Waals surface area contributed by atoms with Crippen LogP contribution in [0.1, 0.15) is 24.8 Å². The van der Waals surface area contributed by atoms with Gasteiger partial charge in [-0.2, -0.15) is 5.26 Å². The Morgan fingerprint density at radius 3 is 2.81 bits per heavy atom. The smallest absolute Gasteiger partial charge is 0.121 e. The van der Waals surface area contributed by atoms with E-state index in [9.17, 15) is 0 Å². The molecule has 1 saturated carbocycles. The van der Waals surface area contributed by atoms with Crippen molar-refractivity contribution in [3.8, 4) is 11.8 Å². The largest absolute Gasteiger partial charge is 0.490 e. The van der Waals surface area contributed by atoms with Crippen LogP contribution in [0.4, 0.5) is 0 Å². The summed E-state index contributed by atoms with van der Waals surface area (Å²) in [4.78, 5) is 0. The molecule has 0 aliphatic heterocycles. The Hall–Kier alpha value is -1.24. The Bertz CT molecular complexity index is 428. The quantitative estimate of drug-likeness (QED) is 0.858. The van der Waals surface area contributed by atoms with Gasteiger partial charge in [0.2, 0.25) is 0 Å². The van der Waals surface area contributed by atoms with E-state index in [4.69, 9.17) is 27.3 Å². The van der Waals surface area contributed by atoms with E-state index in [-0.39, 0.29) is 12.1 Å². The van der Waals surface area contributed by atoms with Crippen molar-refractivity contribution in [2.45, 2.75) is 31.4 Å². The molecule has 84 valence electrons. The average Bonchev–Trinajstić information content (AvgIpc) is 2.64. The minimum absolute atomic E-state index is 0.180. The number of rotatable bonds is 2. The Kier molecular flexibility index (Phi) is 3.33. The molecule has 2 atom stereocenters. The van der Waals surface area contributed by atoms with Crippen LogP contribution in [0.2, 0.25) is 5.02 Å². The fourth-order valence-corrected chi connectivity index (χ4v) is 2.15. The minimum Gasteiger partial charge on any atom is -0.490 e. The zero-order chi connectivity index (χ0) is 11.5. The molecule has 4 heteroatoms. The predicted molar refractivity (Wildman–Crippen MR) is 62.4 cm³/mol. The molecule has 0 spiro atoms. The van der Waals surface area contributed by atoms with E-state index in [0.29, 0.717) is 16.3 Å². The molecule has 0 unspecified atom stereocenters. The van der Waals surface area contributed by atoms with Crippen LogP contribution in [-0.2, 0) is 0 Å². The summed E-state index contributed by atoms with van der Waals surface area (Å²) in [7, 11) is 0. The lowest BCUT2D eigenvalue weighted by molar-refractivity contribution is 0.208. The van der Waals surface area contributed by atoms with Gasteiger partial charge in [-0.1, -0.05) is 11.6 Å². The van der Waals surface area contributed by atoms with Gasteiger partial charge in [0.15, 0.2) is 0 Å². The highest BCUT2D eigenvalue weighted by Crippen LogP contribution is 2.27. The number of nitrogens with zero attached hydrogens (tertiary/aromatic N) is 1. The van der Waals surface area contributed by atoms with Crippen LogP contribution in [-0.4, -0.2) is 12.1 Å². The molecule has 16 heavy (non-hydrogen) atoms. The van der Waals surface area contributed by atoms with E-state index in [1.807, 2.05) is 6.07 Å². The molecular weight excluding hydrogens is 224 g/mol. The first-order chi connectivity index (χ1) is 7.69. The number of ether oxygens (including phenoxy) is 1. The van der Waals surface area contributed by atoms with Gasteiger partial charge in [0.25, 0.3) is 0 Å². The second-order valence-corrected chi connectivity index (χ2v) is 4.47. The number of nitrogens with two attached hydrogens (primary N) is 1. The van der Waals surface area contributed by atoms with Crippen LogP contribution in [0.25, 0.3) is 0 Å². The normalized spacial score (nSPS) is 24.1. The maximum Gasteiger partial charge on any atom is 0.121 e. The monoisotopic (exact) mass is 236 g/mol. The van der Waals surface area contributed by atoms with Crippen molar-refractivity contribution < 1.29 is 4.74 Å². The van der Waals surface area contributed by atoms with Crippen molar-refractivity contribution in [2.24, 2.45) is 5.73 Å². The number of nitriles is 1. The fraction of sp³-hybridized carbons (Fsp3) is 0.417. The zero-order valence-electron chi connectivity index (χ0n) is 8.82. The molecule has 1 aromatic carbocycles. The predicted octanol–water partition coefficient (Wildman–Crippen LogP) is 2.47. The molecule has 1 aromatic rings. The van der Waals surface area contributed by atoms with E-state index in [2.05, 4.69) is 0 Å². The summed E-state index contributed by atoms with van der Waals surface area (Å²) in [6.07, 6.45) is 3.06. The van der Waals surface area contributed by atoms with Crippen molar-refractivity contribution in [2.75, 3.05) is 0 Å². The highest BCUT2D eigenvalue weighted by molar-refractivity contribution is 6.31. The summed E-state index contributed by atoms with van der Waals surface area (Å²) in [5.74, 6) is 0.711. The minimum atomic E-state index is 0.180. The highest BCUT2D eigenvalue weighted by atomic mass is 35.5. The molecule has 0 saturated heterocycles. The fourth-order valence-electron chi connectivity index (χ4n) is 1.93. The van der Waals surface area contributed by atoms with Gasteiger partial charge >= 0.3 is 0 Å². The van der Waals surface area contributed by atoms with Gasteiger partial charge in [0.1, 0.15) is 17.9 Å². The van der Waals surface area contributed by atoms with Crippen molar-refractivity contribution in [3.63, 3.8) is 0 Å². The molecule has 2 N–H and O–H groups in total. The Labute approximate surface area is 99.8 Å². The van der Waals surface area contributed by atoms with Gasteiger partial charge < -0.3 is 10.5 Å². The van der Waals surface area contributed by atoms with Gasteiger partial charge in [-0.25, -0.2) is 0 Å². The van der Waals surface area contributed by atoms with Gasteiger partial charge in [-0.3, -0.25) is 0 Å². The average molecular weight is 237 g/mol. The van der Waals surface area contributed by atoms with Crippen LogP contribution < -0.4 is 10.5 Å². The van der Waals surface area contributed by atoms with Gasteiger partial charge in [-0.05, 0) is 31.4 Å². The molecule has 0 aromatic heterocycles. The SMILES string of the molecule is N#Cc1ccc(O[C@H]2CC[C@H](N)C2)cc1Cl. The molecule has 1 aliphatic carbocycles. The van der Waals surface area contributed by atoms with Gasteiger partial charge in [-0.15, -0.1) is 0 Å². The molecule has 0 amide bonds. The highest BCUT2D eigenvalue weighted by Gasteiger charge is 2.23. The molecule has 0 bridgehead atoms. The van der Waals surface area contributed by atoms with Crippen molar-refractivity contribution in [1.82, 2.24) is 0 Å². The Balaban J connectivity index is 2.05. The van der Waals surface area contributed by atoms with E-state index in [1.54, 1.807) is 18.2 Å². The third-order valence-corrected chi connectivity index (χ3v) is 3.10. The number of hydrogen-bond acceptors (Lipinski definition) is 3. The number of halogens is 1. The lowest BCUT2D eigenvalue weighted by Gasteiger charge is -2.13. The van der Waals surface area contributed by atoms with Crippen molar-refractivity contribution in [3.05, 3.63) is 28.8 Å². The Morgan fingerprint density at radius 1 is 1.44 bits per heavy atom. The summed E-state index contributed by atoms with van der Waals surface area (Å²) in [5.41, 5.74) is 6.27. The summed E-state index contributed by atoms with van der Waals surface area (Å²) in [5, 5.41) is 9.17. The van der Waals surface area contributed by atoms with E-state index in [1.165, 1.54) is 0 Å². The lowest BCUT2D eigenvalue weighted by Crippen LogP contribution is -2.19. The van der Waals surface area contributed by atoms with Crippen LogP contribution >= 0.6 is 11.6 Å². The first-order valence-corrected chi connectivity index (χ1v) is 5.68. The van der Waals surface area contributed by atoms with Gasteiger partial charge in [0, 0.05) is 12.1 Å². The summed E-state index contributed by atoms with van der Waals surface area (Å²) < 4.78 is 5.75. The third-order valence-electron chi connectivity index (χ3n) is 2.79. The first-order valence-electron chi connectivity index (χ1n) is 5.31. The van der Waals surface area contributed by atoms with Gasteiger partial charge in [0.05, 0.1) is 10.6 Å². The standard InChI is InChI=1S/C12H13ClN2O/c13-12-6-11(3-1-8(12)7-14)16-10-4-2-9(15)5-10/h1,3,6,9-10H,2,4-5,15H2/t9-,10-/m0/s1. The van der Waals surface area contributed by atoms with E-state index in [0.717, 1.165) is 19.3 Å². The topological polar surface area (TPSA) is 59.0 Å². The van der Waals surface area contributed by atoms with Crippen molar-refractivity contribution >= 4 is 11.6 Å². The molecule has 2 rings (SSSR count). The molecule has 1 fully saturated rings. The number of hydrogen-bond donors (Lipinski definition) is 1. The summed E-state index contributed by atoms with van der Waals surface area (Å²) >= 11 is 5.92. The molecule has 0 heterocycles. The Morgan fingerprint density at radius 2 is 2.25 bits per heavy atom. The first kappa shape index (κ1) is 11.3. The third kappa shape index (κ3) is 2.46. The summed E-state index contributed by atoms with van der Waals surface area (Å²) in [6.45, 7) is 0. The molecular formula is C12H13ClN2O.